The lowest BCUT2D eigenvalue weighted by Gasteiger charge is -2.08. The van der Waals surface area contributed by atoms with Crippen LogP contribution < -0.4 is 5.56 Å². The second-order valence-corrected chi connectivity index (χ2v) is 4.20. The first-order chi connectivity index (χ1) is 9.63. The predicted octanol–water partition coefficient (Wildman–Crippen LogP) is 1.03. The number of carbonyl (C=O) groups is 1. The van der Waals surface area contributed by atoms with Crippen LogP contribution in [0.4, 0.5) is 0 Å². The number of fused-ring (bicyclic) bond motifs is 1. The molecule has 0 radical (unpaired) electrons. The smallest absolute Gasteiger partial charge is 0.302 e. The van der Waals surface area contributed by atoms with Gasteiger partial charge in [-0.3, -0.25) is 9.59 Å². The lowest BCUT2D eigenvalue weighted by Crippen LogP contribution is -2.24. The molecule has 0 saturated heterocycles. The Bertz CT molecular complexity index is 743. The summed E-state index contributed by atoms with van der Waals surface area (Å²) >= 11 is 0. The van der Waals surface area contributed by atoms with Crippen molar-refractivity contribution in [3.63, 3.8) is 0 Å². The van der Waals surface area contributed by atoms with Gasteiger partial charge in [0.15, 0.2) is 0 Å². The Labute approximate surface area is 115 Å². The fourth-order valence-electron chi connectivity index (χ4n) is 1.96. The zero-order valence-corrected chi connectivity index (χ0v) is 11.0. The number of hydrogen-bond donors (Lipinski definition) is 0. The van der Waals surface area contributed by atoms with Gasteiger partial charge in [-0.2, -0.15) is 10.4 Å². The Hall–Kier alpha value is -2.68. The first-order valence-corrected chi connectivity index (χ1v) is 6.12. The number of aromatic nitrogens is 2. The molecule has 0 saturated carbocycles. The van der Waals surface area contributed by atoms with E-state index in [9.17, 15) is 9.59 Å². The normalized spacial score (nSPS) is 10.2. The summed E-state index contributed by atoms with van der Waals surface area (Å²) in [4.78, 5) is 22.9. The van der Waals surface area contributed by atoms with Crippen molar-refractivity contribution in [1.82, 2.24) is 9.78 Å². The second kappa shape index (κ2) is 5.97. The summed E-state index contributed by atoms with van der Waals surface area (Å²) in [6, 6.07) is 8.97. The predicted molar refractivity (Wildman–Crippen MR) is 72.0 cm³/mol. The molecule has 6 heteroatoms. The summed E-state index contributed by atoms with van der Waals surface area (Å²) in [5.74, 6) is -0.361. The minimum Gasteiger partial charge on any atom is -0.465 e. The van der Waals surface area contributed by atoms with Gasteiger partial charge >= 0.3 is 5.97 Å². The van der Waals surface area contributed by atoms with E-state index in [1.165, 1.54) is 6.92 Å². The Morgan fingerprint density at radius 3 is 2.75 bits per heavy atom. The lowest BCUT2D eigenvalue weighted by molar-refractivity contribution is -0.140. The molecule has 0 aliphatic heterocycles. The number of hydrogen-bond acceptors (Lipinski definition) is 5. The summed E-state index contributed by atoms with van der Waals surface area (Å²) in [5, 5.41) is 14.1. The van der Waals surface area contributed by atoms with Gasteiger partial charge < -0.3 is 4.74 Å². The summed E-state index contributed by atoms with van der Waals surface area (Å²) in [7, 11) is 0. The van der Waals surface area contributed by atoms with E-state index in [0.29, 0.717) is 17.5 Å². The lowest BCUT2D eigenvalue weighted by atomic mass is 10.1. The van der Waals surface area contributed by atoms with Crippen LogP contribution in [-0.4, -0.2) is 22.4 Å². The molecule has 0 amide bonds. The van der Waals surface area contributed by atoms with Crippen molar-refractivity contribution in [2.24, 2.45) is 0 Å². The van der Waals surface area contributed by atoms with Gasteiger partial charge in [0.05, 0.1) is 23.8 Å². The number of ether oxygens (including phenoxy) is 1. The fraction of sp³-hybridized carbons (Fsp3) is 0.286. The van der Waals surface area contributed by atoms with E-state index in [2.05, 4.69) is 5.10 Å². The van der Waals surface area contributed by atoms with Crippen LogP contribution in [0.3, 0.4) is 0 Å². The van der Waals surface area contributed by atoms with Gasteiger partial charge in [-0.25, -0.2) is 4.68 Å². The maximum absolute atomic E-state index is 12.1. The Kier molecular flexibility index (Phi) is 4.11. The molecule has 0 bridgehead atoms. The average molecular weight is 271 g/mol. The van der Waals surface area contributed by atoms with Gasteiger partial charge in [0, 0.05) is 18.7 Å². The molecule has 0 atom stereocenters. The molecular weight excluding hydrogens is 258 g/mol. The Morgan fingerprint density at radius 2 is 2.10 bits per heavy atom. The fourth-order valence-corrected chi connectivity index (χ4v) is 1.96. The molecule has 2 aromatic rings. The van der Waals surface area contributed by atoms with Crippen molar-refractivity contribution in [2.45, 2.75) is 19.9 Å². The van der Waals surface area contributed by atoms with Crippen LogP contribution in [0.2, 0.25) is 0 Å². The number of nitrogens with zero attached hydrogens (tertiary/aromatic N) is 3. The van der Waals surface area contributed by atoms with Crippen molar-refractivity contribution >= 4 is 16.7 Å². The van der Waals surface area contributed by atoms with Gasteiger partial charge in [-0.05, 0) is 6.07 Å². The highest BCUT2D eigenvalue weighted by Gasteiger charge is 2.10. The molecule has 0 aliphatic carbocycles. The molecule has 0 fully saturated rings. The third-order valence-electron chi connectivity index (χ3n) is 2.81. The largest absolute Gasteiger partial charge is 0.465 e. The van der Waals surface area contributed by atoms with E-state index in [-0.39, 0.29) is 24.7 Å². The van der Waals surface area contributed by atoms with Crippen molar-refractivity contribution in [3.8, 4) is 6.07 Å². The van der Waals surface area contributed by atoms with Gasteiger partial charge in [0.2, 0.25) is 0 Å². The molecule has 0 spiro atoms. The maximum Gasteiger partial charge on any atom is 0.302 e. The monoisotopic (exact) mass is 271 g/mol. The van der Waals surface area contributed by atoms with Gasteiger partial charge in [0.25, 0.3) is 5.56 Å². The quantitative estimate of drug-likeness (QED) is 0.775. The van der Waals surface area contributed by atoms with Crippen LogP contribution >= 0.6 is 0 Å². The van der Waals surface area contributed by atoms with E-state index in [4.69, 9.17) is 10.00 Å². The van der Waals surface area contributed by atoms with E-state index in [1.807, 2.05) is 12.1 Å². The highest BCUT2D eigenvalue weighted by atomic mass is 16.5. The van der Waals surface area contributed by atoms with Crippen molar-refractivity contribution < 1.29 is 9.53 Å². The second-order valence-electron chi connectivity index (χ2n) is 4.20. The maximum atomic E-state index is 12.1. The number of esters is 1. The third-order valence-corrected chi connectivity index (χ3v) is 2.81. The van der Waals surface area contributed by atoms with Crippen LogP contribution in [0.1, 0.15) is 12.6 Å². The Balaban J connectivity index is 2.46. The first-order valence-electron chi connectivity index (χ1n) is 6.12. The molecule has 1 aromatic carbocycles. The molecule has 20 heavy (non-hydrogen) atoms. The molecule has 1 aromatic heterocycles. The standard InChI is InChI=1S/C14H13N3O3/c1-10(18)20-9-6-13-11-4-2-3-5-12(11)14(19)17(16-13)8-7-15/h2-5H,6,8-9H2,1H3. The molecule has 6 nitrogen and oxygen atoms in total. The molecule has 0 N–H and O–H groups in total. The number of rotatable bonds is 4. The van der Waals surface area contributed by atoms with Gasteiger partial charge in [-0.1, -0.05) is 18.2 Å². The number of nitriles is 1. The zero-order chi connectivity index (χ0) is 14.5. The van der Waals surface area contributed by atoms with Crippen LogP contribution in [0.15, 0.2) is 29.1 Å². The molecule has 102 valence electrons. The van der Waals surface area contributed by atoms with Crippen molar-refractivity contribution in [1.29, 1.82) is 5.26 Å². The van der Waals surface area contributed by atoms with E-state index in [1.54, 1.807) is 18.2 Å². The highest BCUT2D eigenvalue weighted by Crippen LogP contribution is 2.13. The molecular formula is C14H13N3O3. The number of benzene rings is 1. The Morgan fingerprint density at radius 1 is 1.40 bits per heavy atom. The minimum atomic E-state index is -0.361. The summed E-state index contributed by atoms with van der Waals surface area (Å²) in [5.41, 5.74) is 0.343. The van der Waals surface area contributed by atoms with Crippen LogP contribution in [0.5, 0.6) is 0 Å². The van der Waals surface area contributed by atoms with Gasteiger partial charge in [-0.15, -0.1) is 0 Å². The van der Waals surface area contributed by atoms with Crippen LogP contribution in [0.25, 0.3) is 10.8 Å². The van der Waals surface area contributed by atoms with Crippen LogP contribution in [-0.2, 0) is 22.5 Å². The summed E-state index contributed by atoms with van der Waals surface area (Å²) in [6.45, 7) is 1.42. The third kappa shape index (κ3) is 2.83. The van der Waals surface area contributed by atoms with E-state index < -0.39 is 0 Å². The summed E-state index contributed by atoms with van der Waals surface area (Å²) < 4.78 is 6.02. The van der Waals surface area contributed by atoms with Crippen LogP contribution in [0, 0.1) is 11.3 Å². The zero-order valence-electron chi connectivity index (χ0n) is 11.0. The van der Waals surface area contributed by atoms with E-state index >= 15 is 0 Å². The molecule has 1 heterocycles. The molecule has 2 rings (SSSR count). The molecule has 0 unspecified atom stereocenters. The number of carbonyl (C=O) groups excluding carboxylic acids is 1. The van der Waals surface area contributed by atoms with Crippen molar-refractivity contribution in [3.05, 3.63) is 40.3 Å². The summed E-state index contributed by atoms with van der Waals surface area (Å²) in [6.07, 6.45) is 0.395. The highest BCUT2D eigenvalue weighted by molar-refractivity contribution is 5.83. The minimum absolute atomic E-state index is 0.107. The SMILES string of the molecule is CC(=O)OCCc1nn(CC#N)c(=O)c2ccccc12. The average Bonchev–Trinajstić information content (AvgIpc) is 2.43. The molecule has 0 aliphatic rings. The first kappa shape index (κ1) is 13.7. The van der Waals surface area contributed by atoms with Crippen molar-refractivity contribution in [2.75, 3.05) is 6.61 Å². The van der Waals surface area contributed by atoms with E-state index in [0.717, 1.165) is 10.1 Å². The topological polar surface area (TPSA) is 85.0 Å². The van der Waals surface area contributed by atoms with Gasteiger partial charge in [0.1, 0.15) is 6.54 Å².